The van der Waals surface area contributed by atoms with Gasteiger partial charge in [0.15, 0.2) is 0 Å². The fourth-order valence-corrected chi connectivity index (χ4v) is 3.16. The van der Waals surface area contributed by atoms with Crippen LogP contribution in [0.15, 0.2) is 54.9 Å². The highest BCUT2D eigenvalue weighted by molar-refractivity contribution is 5.85. The average Bonchev–Trinajstić information content (AvgIpc) is 3.48. The summed E-state index contributed by atoms with van der Waals surface area (Å²) in [5.74, 6) is 0.512. The molecular weight excluding hydrogens is 383 g/mol. The van der Waals surface area contributed by atoms with Crippen molar-refractivity contribution in [1.82, 2.24) is 10.3 Å². The van der Waals surface area contributed by atoms with Gasteiger partial charge in [-0.2, -0.15) is 0 Å². The van der Waals surface area contributed by atoms with E-state index in [0.717, 1.165) is 24.1 Å². The third-order valence-corrected chi connectivity index (χ3v) is 4.88. The lowest BCUT2D eigenvalue weighted by molar-refractivity contribution is -0.121. The van der Waals surface area contributed by atoms with Gasteiger partial charge in [-0.1, -0.05) is 24.3 Å². The summed E-state index contributed by atoms with van der Waals surface area (Å²) >= 11 is 0. The van der Waals surface area contributed by atoms with Gasteiger partial charge >= 0.3 is 0 Å². The van der Waals surface area contributed by atoms with Crippen molar-refractivity contribution in [3.63, 3.8) is 0 Å². The first-order chi connectivity index (χ1) is 12.1. The van der Waals surface area contributed by atoms with Crippen LogP contribution in [-0.2, 0) is 11.3 Å². The van der Waals surface area contributed by atoms with Crippen LogP contribution < -0.4 is 16.0 Å². The van der Waals surface area contributed by atoms with Gasteiger partial charge in [-0.25, -0.2) is 0 Å². The van der Waals surface area contributed by atoms with Crippen molar-refractivity contribution in [2.45, 2.75) is 31.8 Å². The Morgan fingerprint density at radius 3 is 2.48 bits per heavy atom. The smallest absolute Gasteiger partial charge is 0.240 e. The van der Waals surface area contributed by atoms with Gasteiger partial charge in [0.1, 0.15) is 0 Å². The maximum atomic E-state index is 12.7. The van der Waals surface area contributed by atoms with Crippen LogP contribution in [0.5, 0.6) is 0 Å². The molecule has 1 aromatic heterocycles. The van der Waals surface area contributed by atoms with Crippen molar-refractivity contribution < 1.29 is 4.79 Å². The first-order valence-electron chi connectivity index (χ1n) is 8.81. The van der Waals surface area contributed by atoms with Gasteiger partial charge in [0.25, 0.3) is 0 Å². The molecule has 1 atom stereocenters. The number of nitrogens with two attached hydrogens (primary N) is 1. The standard InChI is InChI=1S/C20H26N4O.2ClH/c1-20(15-21,17-9-10-17)23-19(25)14-24(18-7-3-2-4-8-18)13-16-6-5-11-22-12-16;;/h2-8,11-12,17H,9-10,13-15,21H2,1H3,(H,23,25);2*1H. The van der Waals surface area contributed by atoms with Crippen molar-refractivity contribution in [3.8, 4) is 0 Å². The van der Waals surface area contributed by atoms with Crippen LogP contribution in [0, 0.1) is 5.92 Å². The molecule has 3 N–H and O–H groups in total. The predicted octanol–water partition coefficient (Wildman–Crippen LogP) is 3.18. The number of carbonyl (C=O) groups excluding carboxylic acids is 1. The summed E-state index contributed by atoms with van der Waals surface area (Å²) in [5, 5.41) is 3.17. The molecule has 0 aliphatic heterocycles. The van der Waals surface area contributed by atoms with Crippen molar-refractivity contribution in [2.75, 3.05) is 18.0 Å². The van der Waals surface area contributed by atoms with Gasteiger partial charge in [0.2, 0.25) is 5.91 Å². The molecule has 1 fully saturated rings. The minimum Gasteiger partial charge on any atom is -0.358 e. The zero-order valence-electron chi connectivity index (χ0n) is 15.5. The molecule has 1 aliphatic carbocycles. The Morgan fingerprint density at radius 1 is 1.22 bits per heavy atom. The largest absolute Gasteiger partial charge is 0.358 e. The van der Waals surface area contributed by atoms with Crippen molar-refractivity contribution in [2.24, 2.45) is 11.7 Å². The molecule has 1 unspecified atom stereocenters. The summed E-state index contributed by atoms with van der Waals surface area (Å²) in [4.78, 5) is 18.9. The molecule has 3 rings (SSSR count). The fraction of sp³-hybridized carbons (Fsp3) is 0.400. The monoisotopic (exact) mass is 410 g/mol. The van der Waals surface area contributed by atoms with E-state index in [1.54, 1.807) is 6.20 Å². The second-order valence-corrected chi connectivity index (χ2v) is 7.00. The van der Waals surface area contributed by atoms with Crippen molar-refractivity contribution in [3.05, 3.63) is 60.4 Å². The quantitative estimate of drug-likeness (QED) is 0.700. The number of amides is 1. The zero-order chi connectivity index (χ0) is 17.7. The Bertz CT molecular complexity index is 698. The number of rotatable bonds is 8. The Balaban J connectivity index is 0.00000182. The molecule has 1 heterocycles. The minimum absolute atomic E-state index is 0. The molecule has 1 saturated carbocycles. The second-order valence-electron chi connectivity index (χ2n) is 7.00. The fourth-order valence-electron chi connectivity index (χ4n) is 3.16. The Kier molecular flexibility index (Phi) is 9.03. The van der Waals surface area contributed by atoms with Gasteiger partial charge in [0.05, 0.1) is 12.1 Å². The van der Waals surface area contributed by atoms with E-state index < -0.39 is 0 Å². The summed E-state index contributed by atoms with van der Waals surface area (Å²) < 4.78 is 0. The second kappa shape index (κ2) is 10.5. The van der Waals surface area contributed by atoms with Gasteiger partial charge in [-0.05, 0) is 49.4 Å². The minimum atomic E-state index is -0.298. The number of nitrogens with zero attached hydrogens (tertiary/aromatic N) is 2. The number of anilines is 1. The number of hydrogen-bond donors (Lipinski definition) is 2. The van der Waals surface area contributed by atoms with Crippen molar-refractivity contribution in [1.29, 1.82) is 0 Å². The highest BCUT2D eigenvalue weighted by Crippen LogP contribution is 2.38. The number of halogens is 2. The molecule has 0 saturated heterocycles. The van der Waals surface area contributed by atoms with Crippen LogP contribution in [0.3, 0.4) is 0 Å². The van der Waals surface area contributed by atoms with E-state index in [4.69, 9.17) is 5.73 Å². The van der Waals surface area contributed by atoms with Crippen LogP contribution in [0.25, 0.3) is 0 Å². The SMILES string of the molecule is CC(CN)(NC(=O)CN(Cc1cccnc1)c1ccccc1)C1CC1.Cl.Cl. The maximum Gasteiger partial charge on any atom is 0.240 e. The molecule has 27 heavy (non-hydrogen) atoms. The molecule has 2 aromatic rings. The van der Waals surface area contributed by atoms with Gasteiger partial charge < -0.3 is 16.0 Å². The number of carbonyl (C=O) groups is 1. The van der Waals surface area contributed by atoms with Crippen LogP contribution in [0.4, 0.5) is 5.69 Å². The lowest BCUT2D eigenvalue weighted by Crippen LogP contribution is -2.55. The molecular formula is C20H28Cl2N4O. The highest BCUT2D eigenvalue weighted by Gasteiger charge is 2.41. The lowest BCUT2D eigenvalue weighted by atomic mass is 9.96. The molecule has 1 amide bonds. The molecule has 0 bridgehead atoms. The number of aromatic nitrogens is 1. The highest BCUT2D eigenvalue weighted by atomic mass is 35.5. The number of pyridine rings is 1. The van der Waals surface area contributed by atoms with E-state index in [2.05, 4.69) is 22.1 Å². The third kappa shape index (κ3) is 6.38. The van der Waals surface area contributed by atoms with E-state index in [-0.39, 0.29) is 36.3 Å². The van der Waals surface area contributed by atoms with Gasteiger partial charge in [-0.15, -0.1) is 24.8 Å². The van der Waals surface area contributed by atoms with E-state index in [0.29, 0.717) is 25.6 Å². The summed E-state index contributed by atoms with van der Waals surface area (Å²) in [5.41, 5.74) is 7.72. The summed E-state index contributed by atoms with van der Waals surface area (Å²) in [6.45, 7) is 3.45. The number of nitrogens with one attached hydrogen (secondary N) is 1. The first-order valence-corrected chi connectivity index (χ1v) is 8.81. The molecule has 148 valence electrons. The molecule has 1 aliphatic rings. The lowest BCUT2D eigenvalue weighted by Gasteiger charge is -2.32. The van der Waals surface area contributed by atoms with E-state index >= 15 is 0 Å². The zero-order valence-corrected chi connectivity index (χ0v) is 17.1. The maximum absolute atomic E-state index is 12.7. The molecule has 0 spiro atoms. The van der Waals surface area contributed by atoms with Crippen LogP contribution in [0.1, 0.15) is 25.3 Å². The van der Waals surface area contributed by atoms with E-state index in [1.165, 1.54) is 0 Å². The van der Waals surface area contributed by atoms with Gasteiger partial charge in [0, 0.05) is 31.2 Å². The van der Waals surface area contributed by atoms with Gasteiger partial charge in [-0.3, -0.25) is 9.78 Å². The van der Waals surface area contributed by atoms with E-state index in [1.807, 2.05) is 48.7 Å². The first kappa shape index (κ1) is 23.2. The summed E-state index contributed by atoms with van der Waals surface area (Å²) in [6, 6.07) is 13.9. The summed E-state index contributed by atoms with van der Waals surface area (Å²) in [6.07, 6.45) is 5.88. The topological polar surface area (TPSA) is 71.2 Å². The molecule has 1 aromatic carbocycles. The van der Waals surface area contributed by atoms with Crippen molar-refractivity contribution >= 4 is 36.4 Å². The number of benzene rings is 1. The van der Waals surface area contributed by atoms with E-state index in [9.17, 15) is 4.79 Å². The normalized spacial score (nSPS) is 14.9. The van der Waals surface area contributed by atoms with Crippen LogP contribution >= 0.6 is 24.8 Å². The molecule has 7 heteroatoms. The summed E-state index contributed by atoms with van der Waals surface area (Å²) in [7, 11) is 0. The average molecular weight is 411 g/mol. The molecule has 0 radical (unpaired) electrons. The molecule has 5 nitrogen and oxygen atoms in total. The third-order valence-electron chi connectivity index (χ3n) is 4.88. The van der Waals surface area contributed by atoms with Crippen LogP contribution in [-0.4, -0.2) is 29.5 Å². The number of hydrogen-bond acceptors (Lipinski definition) is 4. The number of para-hydroxylation sites is 1. The Hall–Kier alpha value is -1.82. The van der Waals surface area contributed by atoms with Crippen LogP contribution in [0.2, 0.25) is 0 Å². The predicted molar refractivity (Wildman–Crippen MR) is 115 cm³/mol. The Labute approximate surface area is 173 Å². The Morgan fingerprint density at radius 2 is 1.93 bits per heavy atom.